The number of hydrogen-bond donors (Lipinski definition) is 1. The first kappa shape index (κ1) is 17.9. The molecular formula is C19H15FN2O3S. The Kier molecular flexibility index (Phi) is 5.18. The fraction of sp³-hybridized carbons (Fsp3) is 0.105. The summed E-state index contributed by atoms with van der Waals surface area (Å²) in [6.45, 7) is 1.74. The second-order valence-corrected chi connectivity index (χ2v) is 7.10. The van der Waals surface area contributed by atoms with E-state index in [0.29, 0.717) is 0 Å². The first-order valence-corrected chi connectivity index (χ1v) is 8.72. The third kappa shape index (κ3) is 4.00. The van der Waals surface area contributed by atoms with Gasteiger partial charge in [-0.15, -0.1) is 11.8 Å². The van der Waals surface area contributed by atoms with E-state index in [1.165, 1.54) is 17.8 Å². The van der Waals surface area contributed by atoms with Crippen molar-refractivity contribution in [2.75, 3.05) is 5.32 Å². The molecule has 1 unspecified atom stereocenters. The molecule has 3 aromatic rings. The Morgan fingerprint density at radius 1 is 1.12 bits per heavy atom. The fourth-order valence-corrected chi connectivity index (χ4v) is 3.39. The van der Waals surface area contributed by atoms with Crippen molar-refractivity contribution in [1.82, 2.24) is 0 Å². The Hall–Kier alpha value is -2.93. The van der Waals surface area contributed by atoms with Crippen LogP contribution in [-0.2, 0) is 4.79 Å². The average molecular weight is 370 g/mol. The summed E-state index contributed by atoms with van der Waals surface area (Å²) >= 11 is 1.38. The van der Waals surface area contributed by atoms with Crippen molar-refractivity contribution in [3.05, 3.63) is 76.6 Å². The molecular weight excluding hydrogens is 355 g/mol. The van der Waals surface area contributed by atoms with Gasteiger partial charge in [0.1, 0.15) is 0 Å². The Bertz CT molecular complexity index is 993. The number of nitro benzene ring substituents is 1. The van der Waals surface area contributed by atoms with E-state index in [4.69, 9.17) is 0 Å². The number of hydrogen-bond acceptors (Lipinski definition) is 4. The van der Waals surface area contributed by atoms with Crippen LogP contribution in [0, 0.1) is 15.9 Å². The Morgan fingerprint density at radius 3 is 2.58 bits per heavy atom. The van der Waals surface area contributed by atoms with E-state index >= 15 is 0 Å². The number of benzene rings is 3. The molecule has 3 rings (SSSR count). The monoisotopic (exact) mass is 370 g/mol. The van der Waals surface area contributed by atoms with Crippen molar-refractivity contribution >= 4 is 39.8 Å². The molecule has 0 saturated heterocycles. The van der Waals surface area contributed by atoms with Crippen molar-refractivity contribution in [3.63, 3.8) is 0 Å². The topological polar surface area (TPSA) is 72.2 Å². The lowest BCUT2D eigenvalue weighted by Crippen LogP contribution is -2.22. The third-order valence-electron chi connectivity index (χ3n) is 3.81. The molecule has 0 saturated carbocycles. The van der Waals surface area contributed by atoms with E-state index in [0.717, 1.165) is 27.8 Å². The normalized spacial score (nSPS) is 11.9. The van der Waals surface area contributed by atoms with Crippen LogP contribution in [0.15, 0.2) is 65.6 Å². The minimum absolute atomic E-state index is 0.189. The zero-order valence-electron chi connectivity index (χ0n) is 13.8. The molecule has 0 fully saturated rings. The van der Waals surface area contributed by atoms with Crippen molar-refractivity contribution in [1.29, 1.82) is 0 Å². The molecule has 1 amide bonds. The van der Waals surface area contributed by atoms with Crippen LogP contribution in [0.25, 0.3) is 10.8 Å². The zero-order chi connectivity index (χ0) is 18.7. The molecule has 0 bridgehead atoms. The lowest BCUT2D eigenvalue weighted by atomic mass is 10.1. The van der Waals surface area contributed by atoms with Gasteiger partial charge in [0, 0.05) is 16.6 Å². The average Bonchev–Trinajstić information content (AvgIpc) is 2.63. The SMILES string of the molecule is CC(Sc1ccc2ccccc2c1)C(=O)Nc1ccc(F)c([N+](=O)[O-])c1. The van der Waals surface area contributed by atoms with Crippen LogP contribution in [0.1, 0.15) is 6.92 Å². The largest absolute Gasteiger partial charge is 0.325 e. The summed E-state index contributed by atoms with van der Waals surface area (Å²) in [5.74, 6) is -1.25. The minimum Gasteiger partial charge on any atom is -0.325 e. The lowest BCUT2D eigenvalue weighted by Gasteiger charge is -2.12. The van der Waals surface area contributed by atoms with Crippen LogP contribution in [0.5, 0.6) is 0 Å². The molecule has 1 atom stereocenters. The molecule has 0 heterocycles. The van der Waals surface area contributed by atoms with Crippen molar-refractivity contribution < 1.29 is 14.1 Å². The third-order valence-corrected chi connectivity index (χ3v) is 4.91. The molecule has 1 N–H and O–H groups in total. The summed E-state index contributed by atoms with van der Waals surface area (Å²) in [6, 6.07) is 17.2. The highest BCUT2D eigenvalue weighted by Gasteiger charge is 2.18. The number of nitrogens with zero attached hydrogens (tertiary/aromatic N) is 1. The second-order valence-electron chi connectivity index (χ2n) is 5.68. The Balaban J connectivity index is 1.71. The van der Waals surface area contributed by atoms with Gasteiger partial charge in [-0.05, 0) is 42.0 Å². The number of anilines is 1. The van der Waals surface area contributed by atoms with E-state index in [9.17, 15) is 19.3 Å². The number of halogens is 1. The van der Waals surface area contributed by atoms with Gasteiger partial charge in [0.15, 0.2) is 0 Å². The fourth-order valence-electron chi connectivity index (χ4n) is 2.47. The molecule has 3 aromatic carbocycles. The molecule has 26 heavy (non-hydrogen) atoms. The molecule has 0 aliphatic heterocycles. The van der Waals surface area contributed by atoms with Gasteiger partial charge in [0.05, 0.1) is 10.2 Å². The van der Waals surface area contributed by atoms with Gasteiger partial charge in [-0.1, -0.05) is 30.3 Å². The molecule has 0 aliphatic rings. The van der Waals surface area contributed by atoms with Crippen LogP contribution in [0.4, 0.5) is 15.8 Å². The number of amides is 1. The van der Waals surface area contributed by atoms with Crippen molar-refractivity contribution in [2.45, 2.75) is 17.1 Å². The number of carbonyl (C=O) groups excluding carboxylic acids is 1. The van der Waals surface area contributed by atoms with Crippen LogP contribution >= 0.6 is 11.8 Å². The summed E-state index contributed by atoms with van der Waals surface area (Å²) in [7, 11) is 0. The smallest absolute Gasteiger partial charge is 0.306 e. The predicted molar refractivity (Wildman–Crippen MR) is 101 cm³/mol. The summed E-state index contributed by atoms with van der Waals surface area (Å²) in [6.07, 6.45) is 0. The highest BCUT2D eigenvalue weighted by atomic mass is 32.2. The number of nitro groups is 1. The highest BCUT2D eigenvalue weighted by molar-refractivity contribution is 8.00. The van der Waals surface area contributed by atoms with Gasteiger partial charge < -0.3 is 5.32 Å². The standard InChI is InChI=1S/C19H15FN2O3S/c1-12(26-16-8-6-13-4-2-3-5-14(13)10-16)19(23)21-15-7-9-17(20)18(11-15)22(24)25/h2-12H,1H3,(H,21,23). The molecule has 132 valence electrons. The maximum atomic E-state index is 13.4. The first-order valence-electron chi connectivity index (χ1n) is 7.84. The van der Waals surface area contributed by atoms with E-state index in [1.807, 2.05) is 42.5 Å². The van der Waals surface area contributed by atoms with Gasteiger partial charge in [-0.3, -0.25) is 14.9 Å². The summed E-state index contributed by atoms with van der Waals surface area (Å²) in [5.41, 5.74) is -0.480. The Labute approximate surface area is 153 Å². The maximum absolute atomic E-state index is 13.4. The van der Waals surface area contributed by atoms with Gasteiger partial charge in [0.2, 0.25) is 11.7 Å². The molecule has 0 aromatic heterocycles. The van der Waals surface area contributed by atoms with Crippen LogP contribution in [0.2, 0.25) is 0 Å². The highest BCUT2D eigenvalue weighted by Crippen LogP contribution is 2.28. The molecule has 0 aliphatic carbocycles. The molecule has 5 nitrogen and oxygen atoms in total. The van der Waals surface area contributed by atoms with Gasteiger partial charge in [-0.25, -0.2) is 0 Å². The minimum atomic E-state index is -0.938. The quantitative estimate of drug-likeness (QED) is 0.389. The molecule has 0 spiro atoms. The summed E-state index contributed by atoms with van der Waals surface area (Å²) in [5, 5.41) is 15.2. The van der Waals surface area contributed by atoms with Gasteiger partial charge in [-0.2, -0.15) is 4.39 Å². The van der Waals surface area contributed by atoms with Crippen molar-refractivity contribution in [3.8, 4) is 0 Å². The molecule has 7 heteroatoms. The van der Waals surface area contributed by atoms with Crippen LogP contribution in [-0.4, -0.2) is 16.1 Å². The number of nitrogens with one attached hydrogen (secondary N) is 1. The van der Waals surface area contributed by atoms with E-state index in [-0.39, 0.29) is 11.6 Å². The van der Waals surface area contributed by atoms with Crippen molar-refractivity contribution in [2.24, 2.45) is 0 Å². The lowest BCUT2D eigenvalue weighted by molar-refractivity contribution is -0.387. The van der Waals surface area contributed by atoms with E-state index < -0.39 is 21.7 Å². The summed E-state index contributed by atoms with van der Waals surface area (Å²) < 4.78 is 13.4. The maximum Gasteiger partial charge on any atom is 0.306 e. The molecule has 0 radical (unpaired) electrons. The van der Waals surface area contributed by atoms with Gasteiger partial charge >= 0.3 is 5.69 Å². The zero-order valence-corrected chi connectivity index (χ0v) is 14.6. The number of thioether (sulfide) groups is 1. The Morgan fingerprint density at radius 2 is 1.85 bits per heavy atom. The van der Waals surface area contributed by atoms with Crippen LogP contribution in [0.3, 0.4) is 0 Å². The summed E-state index contributed by atoms with van der Waals surface area (Å²) in [4.78, 5) is 23.3. The first-order chi connectivity index (χ1) is 12.4. The van der Waals surface area contributed by atoms with Gasteiger partial charge in [0.25, 0.3) is 0 Å². The number of fused-ring (bicyclic) bond motifs is 1. The second kappa shape index (κ2) is 7.53. The van der Waals surface area contributed by atoms with Crippen LogP contribution < -0.4 is 5.32 Å². The van der Waals surface area contributed by atoms with E-state index in [2.05, 4.69) is 5.32 Å². The number of rotatable bonds is 5. The number of carbonyl (C=O) groups is 1. The predicted octanol–water partition coefficient (Wildman–Crippen LogP) is 5.01. The van der Waals surface area contributed by atoms with E-state index in [1.54, 1.807) is 6.92 Å².